The molecule has 0 amide bonds. The van der Waals surface area contributed by atoms with Crippen LogP contribution in [-0.2, 0) is 4.74 Å². The number of nitrogens with zero attached hydrogens (tertiary/aromatic N) is 1. The number of guanidine groups is 1. The highest BCUT2D eigenvalue weighted by atomic mass is 19.4. The van der Waals surface area contributed by atoms with Crippen LogP contribution in [0.2, 0.25) is 0 Å². The first-order chi connectivity index (χ1) is 11.2. The molecule has 0 aromatic rings. The molecule has 4 nitrogen and oxygen atoms in total. The lowest BCUT2D eigenvalue weighted by Gasteiger charge is -2.55. The summed E-state index contributed by atoms with van der Waals surface area (Å²) in [5, 5.41) is 6.67. The first-order valence-electron chi connectivity index (χ1n) is 8.91. The molecule has 138 valence electrons. The molecule has 3 fully saturated rings. The van der Waals surface area contributed by atoms with Crippen LogP contribution in [0.25, 0.3) is 0 Å². The van der Waals surface area contributed by atoms with Gasteiger partial charge in [0.15, 0.2) is 5.96 Å². The minimum absolute atomic E-state index is 0.0137. The zero-order valence-corrected chi connectivity index (χ0v) is 14.6. The Morgan fingerprint density at radius 1 is 1.17 bits per heavy atom. The molecule has 0 spiro atoms. The van der Waals surface area contributed by atoms with Crippen molar-refractivity contribution in [1.82, 2.24) is 10.6 Å². The Bertz CT molecular complexity index is 492. The minimum atomic E-state index is -4.10. The Hall–Kier alpha value is -0.980. The first kappa shape index (κ1) is 17.8. The molecular formula is C17H28F3N3O. The predicted molar refractivity (Wildman–Crippen MR) is 86.8 cm³/mol. The summed E-state index contributed by atoms with van der Waals surface area (Å²) in [6, 6.07) is 0.0774. The number of aliphatic imine (C=N–C) groups is 1. The molecule has 3 rings (SSSR count). The Labute approximate surface area is 141 Å². The standard InChI is InChI=1S/C17H28F3N3O/c1-16(2)13(12-7-8-24-14(12)16)23-15(21-3)22-11-6-4-5-10(9-11)17(18,19)20/h10-14H,4-9H2,1-3H3,(H2,21,22,23). The van der Waals surface area contributed by atoms with Crippen molar-refractivity contribution in [3.05, 3.63) is 0 Å². The highest BCUT2D eigenvalue weighted by Gasteiger charge is 2.59. The summed E-state index contributed by atoms with van der Waals surface area (Å²) in [5.74, 6) is -0.117. The van der Waals surface area contributed by atoms with E-state index in [1.807, 2.05) is 0 Å². The summed E-state index contributed by atoms with van der Waals surface area (Å²) in [5.41, 5.74) is 0.0137. The highest BCUT2D eigenvalue weighted by Crippen LogP contribution is 2.52. The maximum atomic E-state index is 13.0. The molecule has 2 N–H and O–H groups in total. The average molecular weight is 347 g/mol. The van der Waals surface area contributed by atoms with Crippen LogP contribution in [0.4, 0.5) is 13.2 Å². The number of hydrogen-bond acceptors (Lipinski definition) is 2. The van der Waals surface area contributed by atoms with Gasteiger partial charge in [-0.15, -0.1) is 0 Å². The number of halogens is 3. The third-order valence-electron chi connectivity index (χ3n) is 6.09. The van der Waals surface area contributed by atoms with Crippen LogP contribution in [0.5, 0.6) is 0 Å². The molecule has 5 atom stereocenters. The number of alkyl halides is 3. The Morgan fingerprint density at radius 3 is 2.58 bits per heavy atom. The summed E-state index contributed by atoms with van der Waals surface area (Å²) in [7, 11) is 1.67. The van der Waals surface area contributed by atoms with Crippen molar-refractivity contribution in [2.45, 2.75) is 70.3 Å². The third kappa shape index (κ3) is 3.24. The molecule has 0 aromatic heterocycles. The molecule has 1 saturated heterocycles. The van der Waals surface area contributed by atoms with Crippen molar-refractivity contribution in [3.63, 3.8) is 0 Å². The Balaban J connectivity index is 1.58. The SMILES string of the molecule is CN=C(NC1CCCC(C(F)(F)F)C1)NC1C2CCOC2C1(C)C. The quantitative estimate of drug-likeness (QED) is 0.596. The number of rotatable bonds is 2. The van der Waals surface area contributed by atoms with E-state index in [0.717, 1.165) is 19.4 Å². The van der Waals surface area contributed by atoms with Crippen LogP contribution >= 0.6 is 0 Å². The first-order valence-corrected chi connectivity index (χ1v) is 8.91. The van der Waals surface area contributed by atoms with E-state index in [1.54, 1.807) is 7.05 Å². The molecule has 0 radical (unpaired) electrons. The fourth-order valence-electron chi connectivity index (χ4n) is 4.75. The van der Waals surface area contributed by atoms with Crippen LogP contribution in [0, 0.1) is 17.3 Å². The summed E-state index contributed by atoms with van der Waals surface area (Å²) >= 11 is 0. The van der Waals surface area contributed by atoms with Crippen LogP contribution in [0.1, 0.15) is 46.0 Å². The van der Waals surface area contributed by atoms with Gasteiger partial charge in [-0.3, -0.25) is 4.99 Å². The number of hydrogen-bond donors (Lipinski definition) is 2. The van der Waals surface area contributed by atoms with Gasteiger partial charge >= 0.3 is 6.18 Å². The molecule has 2 saturated carbocycles. The van der Waals surface area contributed by atoms with Crippen LogP contribution in [0.3, 0.4) is 0 Å². The van der Waals surface area contributed by atoms with Gasteiger partial charge in [-0.05, 0) is 25.7 Å². The fraction of sp³-hybridized carbons (Fsp3) is 0.941. The van der Waals surface area contributed by atoms with E-state index in [2.05, 4.69) is 29.5 Å². The largest absolute Gasteiger partial charge is 0.391 e. The minimum Gasteiger partial charge on any atom is -0.377 e. The molecule has 3 aliphatic rings. The van der Waals surface area contributed by atoms with Gasteiger partial charge < -0.3 is 15.4 Å². The summed E-state index contributed by atoms with van der Waals surface area (Å²) in [6.45, 7) is 5.13. The second-order valence-corrected chi connectivity index (χ2v) is 8.01. The fourth-order valence-corrected chi connectivity index (χ4v) is 4.75. The third-order valence-corrected chi connectivity index (χ3v) is 6.09. The number of ether oxygens (including phenoxy) is 1. The molecule has 2 aliphatic carbocycles. The van der Waals surface area contributed by atoms with E-state index in [4.69, 9.17) is 4.74 Å². The second kappa shape index (κ2) is 6.39. The molecule has 24 heavy (non-hydrogen) atoms. The number of fused-ring (bicyclic) bond motifs is 1. The van der Waals surface area contributed by atoms with Crippen molar-refractivity contribution in [2.75, 3.05) is 13.7 Å². The molecular weight excluding hydrogens is 319 g/mol. The average Bonchev–Trinajstić information content (AvgIpc) is 2.97. The van der Waals surface area contributed by atoms with Crippen LogP contribution in [-0.4, -0.2) is 44.0 Å². The van der Waals surface area contributed by atoms with Crippen molar-refractivity contribution < 1.29 is 17.9 Å². The predicted octanol–water partition coefficient (Wildman–Crippen LogP) is 3.09. The van der Waals surface area contributed by atoms with E-state index in [9.17, 15) is 13.2 Å². The maximum Gasteiger partial charge on any atom is 0.391 e. The lowest BCUT2D eigenvalue weighted by Crippen LogP contribution is -2.68. The van der Waals surface area contributed by atoms with Crippen LogP contribution in [0.15, 0.2) is 4.99 Å². The van der Waals surface area contributed by atoms with E-state index >= 15 is 0 Å². The summed E-state index contributed by atoms with van der Waals surface area (Å²) in [6.07, 6.45) is -1.05. The molecule has 1 heterocycles. The van der Waals surface area contributed by atoms with E-state index in [-0.39, 0.29) is 36.4 Å². The van der Waals surface area contributed by atoms with E-state index < -0.39 is 12.1 Å². The van der Waals surface area contributed by atoms with Crippen molar-refractivity contribution in [3.8, 4) is 0 Å². The van der Waals surface area contributed by atoms with Gasteiger partial charge in [-0.25, -0.2) is 0 Å². The highest BCUT2D eigenvalue weighted by molar-refractivity contribution is 5.80. The van der Waals surface area contributed by atoms with Gasteiger partial charge in [0.1, 0.15) is 0 Å². The Morgan fingerprint density at radius 2 is 1.92 bits per heavy atom. The zero-order chi connectivity index (χ0) is 17.5. The Kier molecular flexibility index (Phi) is 4.75. The normalized spacial score (nSPS) is 39.1. The van der Waals surface area contributed by atoms with Crippen LogP contribution < -0.4 is 10.6 Å². The van der Waals surface area contributed by atoms with Gasteiger partial charge in [0.25, 0.3) is 0 Å². The van der Waals surface area contributed by atoms with Crippen molar-refractivity contribution in [1.29, 1.82) is 0 Å². The van der Waals surface area contributed by atoms with Gasteiger partial charge in [0.2, 0.25) is 0 Å². The monoisotopic (exact) mass is 347 g/mol. The molecule has 0 aromatic carbocycles. The number of nitrogens with one attached hydrogen (secondary N) is 2. The van der Waals surface area contributed by atoms with Gasteiger partial charge in [0, 0.05) is 37.1 Å². The molecule has 0 bridgehead atoms. The van der Waals surface area contributed by atoms with Crippen molar-refractivity contribution in [2.24, 2.45) is 22.2 Å². The van der Waals surface area contributed by atoms with Gasteiger partial charge in [-0.1, -0.05) is 20.3 Å². The summed E-state index contributed by atoms with van der Waals surface area (Å²) < 4.78 is 44.7. The summed E-state index contributed by atoms with van der Waals surface area (Å²) in [4.78, 5) is 4.24. The second-order valence-electron chi connectivity index (χ2n) is 8.01. The maximum absolute atomic E-state index is 13.0. The molecule has 5 unspecified atom stereocenters. The smallest absolute Gasteiger partial charge is 0.377 e. The lowest BCUT2D eigenvalue weighted by atomic mass is 9.57. The zero-order valence-electron chi connectivity index (χ0n) is 14.6. The van der Waals surface area contributed by atoms with Crippen molar-refractivity contribution >= 4 is 5.96 Å². The van der Waals surface area contributed by atoms with Gasteiger partial charge in [-0.2, -0.15) is 13.2 Å². The van der Waals surface area contributed by atoms with E-state index in [1.165, 1.54) is 0 Å². The van der Waals surface area contributed by atoms with Gasteiger partial charge in [0.05, 0.1) is 12.0 Å². The topological polar surface area (TPSA) is 45.7 Å². The van der Waals surface area contributed by atoms with E-state index in [0.29, 0.717) is 18.3 Å². The molecule has 1 aliphatic heterocycles. The lowest BCUT2D eigenvalue weighted by molar-refractivity contribution is -0.183. The molecule has 7 heteroatoms.